The number of pyridine rings is 1. The molecule has 0 radical (unpaired) electrons. The molecule has 0 aromatic carbocycles. The van der Waals surface area contributed by atoms with E-state index in [0.29, 0.717) is 12.2 Å². The molecule has 0 saturated carbocycles. The van der Waals surface area contributed by atoms with Gasteiger partial charge >= 0.3 is 0 Å². The van der Waals surface area contributed by atoms with Gasteiger partial charge in [-0.25, -0.2) is 4.39 Å². The van der Waals surface area contributed by atoms with Crippen molar-refractivity contribution in [2.24, 2.45) is 5.73 Å². The molecule has 0 fully saturated rings. The average Bonchev–Trinajstić information content (AvgIpc) is 2.18. The van der Waals surface area contributed by atoms with E-state index >= 15 is 0 Å². The van der Waals surface area contributed by atoms with E-state index in [1.807, 2.05) is 6.92 Å². The molecule has 0 saturated heterocycles. The van der Waals surface area contributed by atoms with Crippen LogP contribution in [0.1, 0.15) is 12.6 Å². The van der Waals surface area contributed by atoms with Crippen molar-refractivity contribution in [3.63, 3.8) is 0 Å². The number of aromatic nitrogens is 1. The van der Waals surface area contributed by atoms with Gasteiger partial charge in [-0.3, -0.25) is 4.98 Å². The summed E-state index contributed by atoms with van der Waals surface area (Å²) in [6.45, 7) is 2.12. The highest BCUT2D eigenvalue weighted by Gasteiger charge is 2.25. The number of methoxy groups -OCH3 is 1. The summed E-state index contributed by atoms with van der Waals surface area (Å²) in [5, 5.41) is 0. The van der Waals surface area contributed by atoms with Gasteiger partial charge in [0.2, 0.25) is 0 Å². The van der Waals surface area contributed by atoms with Crippen molar-refractivity contribution in [3.8, 4) is 0 Å². The van der Waals surface area contributed by atoms with E-state index < -0.39 is 5.60 Å². The second kappa shape index (κ2) is 3.81. The maximum atomic E-state index is 12.5. The third kappa shape index (κ3) is 2.02. The lowest BCUT2D eigenvalue weighted by Crippen LogP contribution is -2.34. The number of hydrogen-bond donors (Lipinski definition) is 1. The molecule has 1 heterocycles. The van der Waals surface area contributed by atoms with Crippen LogP contribution in [0.25, 0.3) is 0 Å². The third-order valence-electron chi connectivity index (χ3n) is 2.11. The predicted octanol–water partition coefficient (Wildman–Crippen LogP) is 1.04. The molecule has 3 nitrogen and oxygen atoms in total. The Morgan fingerprint density at radius 1 is 1.62 bits per heavy atom. The van der Waals surface area contributed by atoms with E-state index in [-0.39, 0.29) is 5.82 Å². The summed E-state index contributed by atoms with van der Waals surface area (Å²) in [5.41, 5.74) is 5.54. The summed E-state index contributed by atoms with van der Waals surface area (Å²) < 4.78 is 17.8. The van der Waals surface area contributed by atoms with Gasteiger partial charge in [-0.05, 0) is 19.1 Å². The molecule has 1 aromatic rings. The topological polar surface area (TPSA) is 48.1 Å². The fourth-order valence-corrected chi connectivity index (χ4v) is 0.981. The Morgan fingerprint density at radius 3 is 2.69 bits per heavy atom. The van der Waals surface area contributed by atoms with E-state index in [4.69, 9.17) is 10.5 Å². The van der Waals surface area contributed by atoms with Gasteiger partial charge < -0.3 is 10.5 Å². The van der Waals surface area contributed by atoms with Crippen LogP contribution in [-0.4, -0.2) is 18.6 Å². The van der Waals surface area contributed by atoms with Crippen LogP contribution in [0, 0.1) is 5.82 Å². The van der Waals surface area contributed by atoms with Crippen molar-refractivity contribution < 1.29 is 9.13 Å². The number of rotatable bonds is 3. The van der Waals surface area contributed by atoms with E-state index in [1.54, 1.807) is 13.2 Å². The second-order valence-electron chi connectivity index (χ2n) is 3.00. The highest BCUT2D eigenvalue weighted by Crippen LogP contribution is 2.20. The number of halogens is 1. The summed E-state index contributed by atoms with van der Waals surface area (Å²) >= 11 is 0. The molecule has 0 spiro atoms. The molecule has 0 aliphatic carbocycles. The minimum Gasteiger partial charge on any atom is -0.371 e. The standard InChI is InChI=1S/C9H13FN2O/c1-9(6-11,13-2)8-4-3-7(10)5-12-8/h3-5H,6,11H2,1-2H3. The molecule has 0 bridgehead atoms. The normalized spacial score (nSPS) is 15.4. The Balaban J connectivity index is 2.99. The highest BCUT2D eigenvalue weighted by atomic mass is 19.1. The molecule has 13 heavy (non-hydrogen) atoms. The van der Waals surface area contributed by atoms with Gasteiger partial charge in [0.1, 0.15) is 11.4 Å². The molecule has 1 rings (SSSR count). The van der Waals surface area contributed by atoms with Gasteiger partial charge in [-0.2, -0.15) is 0 Å². The summed E-state index contributed by atoms with van der Waals surface area (Å²) in [5.74, 6) is -0.362. The maximum absolute atomic E-state index is 12.5. The van der Waals surface area contributed by atoms with Crippen molar-refractivity contribution in [3.05, 3.63) is 29.8 Å². The van der Waals surface area contributed by atoms with Gasteiger partial charge in [0, 0.05) is 13.7 Å². The Morgan fingerprint density at radius 2 is 2.31 bits per heavy atom. The Labute approximate surface area is 76.7 Å². The van der Waals surface area contributed by atoms with Crippen LogP contribution in [0.5, 0.6) is 0 Å². The van der Waals surface area contributed by atoms with Crippen LogP contribution < -0.4 is 5.73 Å². The van der Waals surface area contributed by atoms with Crippen LogP contribution in [-0.2, 0) is 10.3 Å². The molecular weight excluding hydrogens is 171 g/mol. The molecule has 1 unspecified atom stereocenters. The highest BCUT2D eigenvalue weighted by molar-refractivity contribution is 5.13. The SMILES string of the molecule is COC(C)(CN)c1ccc(F)cn1. The summed E-state index contributed by atoms with van der Waals surface area (Å²) in [6, 6.07) is 2.92. The van der Waals surface area contributed by atoms with Gasteiger partial charge in [-0.15, -0.1) is 0 Å². The number of ether oxygens (including phenoxy) is 1. The number of nitrogens with two attached hydrogens (primary N) is 1. The smallest absolute Gasteiger partial charge is 0.141 e. The van der Waals surface area contributed by atoms with Crippen LogP contribution in [0.15, 0.2) is 18.3 Å². The van der Waals surface area contributed by atoms with Gasteiger partial charge in [0.25, 0.3) is 0 Å². The average molecular weight is 184 g/mol. The Hall–Kier alpha value is -1.00. The van der Waals surface area contributed by atoms with E-state index in [2.05, 4.69) is 4.98 Å². The molecule has 0 aliphatic heterocycles. The third-order valence-corrected chi connectivity index (χ3v) is 2.11. The monoisotopic (exact) mass is 184 g/mol. The molecule has 0 aliphatic rings. The first-order valence-corrected chi connectivity index (χ1v) is 3.99. The first kappa shape index (κ1) is 10.1. The molecule has 2 N–H and O–H groups in total. The van der Waals surface area contributed by atoms with Crippen LogP contribution in [0.2, 0.25) is 0 Å². The Bertz CT molecular complexity index is 269. The maximum Gasteiger partial charge on any atom is 0.141 e. The van der Waals surface area contributed by atoms with Crippen molar-refractivity contribution in [1.82, 2.24) is 4.98 Å². The number of hydrogen-bond acceptors (Lipinski definition) is 3. The molecule has 1 atom stereocenters. The van der Waals surface area contributed by atoms with Crippen LogP contribution >= 0.6 is 0 Å². The zero-order valence-electron chi connectivity index (χ0n) is 7.75. The molecule has 72 valence electrons. The van der Waals surface area contributed by atoms with Gasteiger partial charge in [-0.1, -0.05) is 0 Å². The van der Waals surface area contributed by atoms with Crippen molar-refractivity contribution in [2.45, 2.75) is 12.5 Å². The van der Waals surface area contributed by atoms with Gasteiger partial charge in [0.05, 0.1) is 11.9 Å². The first-order valence-electron chi connectivity index (χ1n) is 3.99. The largest absolute Gasteiger partial charge is 0.371 e. The lowest BCUT2D eigenvalue weighted by Gasteiger charge is -2.25. The fourth-order valence-electron chi connectivity index (χ4n) is 0.981. The molecule has 1 aromatic heterocycles. The van der Waals surface area contributed by atoms with E-state index in [9.17, 15) is 4.39 Å². The minimum atomic E-state index is -0.631. The number of nitrogens with zero attached hydrogens (tertiary/aromatic N) is 1. The lowest BCUT2D eigenvalue weighted by molar-refractivity contribution is 0.00632. The molecular formula is C9H13FN2O. The lowest BCUT2D eigenvalue weighted by atomic mass is 10.0. The van der Waals surface area contributed by atoms with Crippen LogP contribution in [0.3, 0.4) is 0 Å². The quantitative estimate of drug-likeness (QED) is 0.763. The summed E-state index contributed by atoms with van der Waals surface area (Å²) in [7, 11) is 1.55. The van der Waals surface area contributed by atoms with Crippen molar-refractivity contribution >= 4 is 0 Å². The van der Waals surface area contributed by atoms with E-state index in [0.717, 1.165) is 6.20 Å². The predicted molar refractivity (Wildman–Crippen MR) is 47.6 cm³/mol. The fraction of sp³-hybridized carbons (Fsp3) is 0.444. The van der Waals surface area contributed by atoms with E-state index in [1.165, 1.54) is 6.07 Å². The van der Waals surface area contributed by atoms with Crippen molar-refractivity contribution in [2.75, 3.05) is 13.7 Å². The summed E-state index contributed by atoms with van der Waals surface area (Å²) in [4.78, 5) is 3.91. The second-order valence-corrected chi connectivity index (χ2v) is 3.00. The summed E-state index contributed by atoms with van der Waals surface area (Å²) in [6.07, 6.45) is 1.16. The van der Waals surface area contributed by atoms with Crippen molar-refractivity contribution in [1.29, 1.82) is 0 Å². The molecule has 0 amide bonds. The van der Waals surface area contributed by atoms with Crippen LogP contribution in [0.4, 0.5) is 4.39 Å². The minimum absolute atomic E-state index is 0.308. The zero-order chi connectivity index (χ0) is 9.90. The zero-order valence-corrected chi connectivity index (χ0v) is 7.75. The first-order chi connectivity index (χ1) is 6.12. The molecule has 4 heteroatoms. The van der Waals surface area contributed by atoms with Gasteiger partial charge in [0.15, 0.2) is 0 Å². The Kier molecular flexibility index (Phi) is 2.95.